The van der Waals surface area contributed by atoms with E-state index in [-0.39, 0.29) is 30.4 Å². The highest BCUT2D eigenvalue weighted by Crippen LogP contribution is 2.39. The highest BCUT2D eigenvalue weighted by Gasteiger charge is 2.47. The van der Waals surface area contributed by atoms with Gasteiger partial charge in [0.25, 0.3) is 5.91 Å². The number of amides is 2. The summed E-state index contributed by atoms with van der Waals surface area (Å²) < 4.78 is 31.2. The second-order valence-corrected chi connectivity index (χ2v) is 10.3. The van der Waals surface area contributed by atoms with Crippen LogP contribution in [0.2, 0.25) is 0 Å². The van der Waals surface area contributed by atoms with Gasteiger partial charge in [-0.25, -0.2) is 8.42 Å². The van der Waals surface area contributed by atoms with Gasteiger partial charge in [0.15, 0.2) is 9.84 Å². The number of piperidine rings is 1. The van der Waals surface area contributed by atoms with Crippen LogP contribution >= 0.6 is 0 Å². The third-order valence-electron chi connectivity index (χ3n) is 6.22. The van der Waals surface area contributed by atoms with Crippen LogP contribution in [0, 0.1) is 0 Å². The van der Waals surface area contributed by atoms with E-state index in [1.165, 1.54) is 7.11 Å². The van der Waals surface area contributed by atoms with Crippen molar-refractivity contribution in [2.75, 3.05) is 13.7 Å². The molecule has 0 aliphatic carbocycles. The fraction of sp³-hybridized carbons (Fsp3) is 0.391. The van der Waals surface area contributed by atoms with Crippen LogP contribution in [-0.2, 0) is 14.6 Å². The predicted octanol–water partition coefficient (Wildman–Crippen LogP) is 2.42. The van der Waals surface area contributed by atoms with Gasteiger partial charge in [-0.05, 0) is 56.0 Å². The second-order valence-electron chi connectivity index (χ2n) is 8.05. The van der Waals surface area contributed by atoms with Crippen LogP contribution < -0.4 is 10.1 Å². The minimum atomic E-state index is -3.42. The van der Waals surface area contributed by atoms with E-state index in [2.05, 4.69) is 5.32 Å². The van der Waals surface area contributed by atoms with E-state index in [1.54, 1.807) is 59.5 Å². The van der Waals surface area contributed by atoms with Crippen molar-refractivity contribution in [1.82, 2.24) is 10.2 Å². The molecule has 4 rings (SSSR count). The summed E-state index contributed by atoms with van der Waals surface area (Å²) in [6, 6.07) is 15.0. The van der Waals surface area contributed by atoms with Crippen molar-refractivity contribution in [2.45, 2.75) is 47.9 Å². The summed E-state index contributed by atoms with van der Waals surface area (Å²) in [6.07, 6.45) is 2.45. The number of hydrogen-bond acceptors (Lipinski definition) is 5. The van der Waals surface area contributed by atoms with Crippen molar-refractivity contribution in [1.29, 1.82) is 0 Å². The molecule has 2 heterocycles. The molecule has 2 fully saturated rings. The van der Waals surface area contributed by atoms with E-state index in [4.69, 9.17) is 4.74 Å². The van der Waals surface area contributed by atoms with Crippen molar-refractivity contribution in [2.24, 2.45) is 0 Å². The van der Waals surface area contributed by atoms with E-state index in [1.807, 2.05) is 0 Å². The summed E-state index contributed by atoms with van der Waals surface area (Å²) in [5.74, 6) is 0.0548. The summed E-state index contributed by atoms with van der Waals surface area (Å²) in [4.78, 5) is 27.4. The molecule has 8 heteroatoms. The van der Waals surface area contributed by atoms with Gasteiger partial charge in [0.1, 0.15) is 5.75 Å². The summed E-state index contributed by atoms with van der Waals surface area (Å²) in [5.41, 5.74) is 0.419. The van der Waals surface area contributed by atoms with E-state index in [0.29, 0.717) is 29.1 Å². The number of nitrogens with zero attached hydrogens (tertiary/aromatic N) is 1. The molecule has 2 amide bonds. The number of rotatable bonds is 6. The first-order valence-corrected chi connectivity index (χ1v) is 12.0. The van der Waals surface area contributed by atoms with Gasteiger partial charge < -0.3 is 15.0 Å². The van der Waals surface area contributed by atoms with E-state index in [0.717, 1.165) is 12.8 Å². The van der Waals surface area contributed by atoms with Crippen LogP contribution in [0.3, 0.4) is 0 Å². The largest absolute Gasteiger partial charge is 0.497 e. The van der Waals surface area contributed by atoms with Crippen molar-refractivity contribution in [3.8, 4) is 5.75 Å². The second kappa shape index (κ2) is 8.70. The zero-order valence-electron chi connectivity index (χ0n) is 17.4. The van der Waals surface area contributed by atoms with Crippen molar-refractivity contribution < 1.29 is 22.7 Å². The lowest BCUT2D eigenvalue weighted by Gasteiger charge is -2.38. The number of benzene rings is 2. The molecule has 0 radical (unpaired) electrons. The molecule has 2 aromatic rings. The van der Waals surface area contributed by atoms with Crippen LogP contribution in [0.1, 0.15) is 36.0 Å². The molecule has 2 saturated heterocycles. The first-order chi connectivity index (χ1) is 14.9. The Hall–Kier alpha value is -2.87. The predicted molar refractivity (Wildman–Crippen MR) is 116 cm³/mol. The number of fused-ring (bicyclic) bond motifs is 2. The molecular formula is C23H26N2O5S. The van der Waals surface area contributed by atoms with Crippen LogP contribution in [0.25, 0.3) is 0 Å². The number of nitrogens with one attached hydrogen (secondary N) is 1. The molecule has 2 atom stereocenters. The van der Waals surface area contributed by atoms with Gasteiger partial charge >= 0.3 is 0 Å². The molecule has 2 bridgehead atoms. The fourth-order valence-electron chi connectivity index (χ4n) is 4.70. The molecule has 7 nitrogen and oxygen atoms in total. The Morgan fingerprint density at radius 1 is 1.03 bits per heavy atom. The number of methoxy groups -OCH3 is 1. The number of ether oxygens (including phenoxy) is 1. The van der Waals surface area contributed by atoms with Crippen LogP contribution in [-0.4, -0.2) is 56.1 Å². The molecule has 0 aromatic heterocycles. The molecule has 1 N–H and O–H groups in total. The zero-order valence-corrected chi connectivity index (χ0v) is 18.2. The number of hydrogen-bond donors (Lipinski definition) is 1. The van der Waals surface area contributed by atoms with Gasteiger partial charge in [-0.15, -0.1) is 0 Å². The van der Waals surface area contributed by atoms with Crippen molar-refractivity contribution in [3.63, 3.8) is 0 Å². The molecule has 31 heavy (non-hydrogen) atoms. The van der Waals surface area contributed by atoms with Crippen LogP contribution in [0.4, 0.5) is 0 Å². The summed E-state index contributed by atoms with van der Waals surface area (Å²) >= 11 is 0. The molecule has 0 spiro atoms. The number of sulfone groups is 1. The third kappa shape index (κ3) is 4.30. The SMILES string of the molecule is COc1cccc(C(=O)NCC(=O)N2[C@H]3CC[C@H]2CC(S(=O)(=O)c2ccccc2)C3)c1. The van der Waals surface area contributed by atoms with E-state index in [9.17, 15) is 18.0 Å². The molecule has 2 aromatic carbocycles. The minimum absolute atomic E-state index is 0.108. The molecule has 2 aliphatic heterocycles. The van der Waals surface area contributed by atoms with Gasteiger partial charge in [0, 0.05) is 17.6 Å². The highest BCUT2D eigenvalue weighted by molar-refractivity contribution is 7.92. The molecular weight excluding hydrogens is 416 g/mol. The molecule has 0 saturated carbocycles. The highest BCUT2D eigenvalue weighted by atomic mass is 32.2. The van der Waals surface area contributed by atoms with Crippen molar-refractivity contribution >= 4 is 21.7 Å². The van der Waals surface area contributed by atoms with E-state index < -0.39 is 15.1 Å². The average Bonchev–Trinajstić information content (AvgIpc) is 3.06. The molecule has 164 valence electrons. The van der Waals surface area contributed by atoms with Crippen LogP contribution in [0.15, 0.2) is 59.5 Å². The normalized spacial score (nSPS) is 22.7. The van der Waals surface area contributed by atoms with Crippen LogP contribution in [0.5, 0.6) is 5.75 Å². The first-order valence-electron chi connectivity index (χ1n) is 10.4. The van der Waals surface area contributed by atoms with Crippen molar-refractivity contribution in [3.05, 3.63) is 60.2 Å². The molecule has 2 aliphatic rings. The lowest BCUT2D eigenvalue weighted by molar-refractivity contribution is -0.134. The Labute approximate surface area is 182 Å². The Morgan fingerprint density at radius 3 is 2.35 bits per heavy atom. The van der Waals surface area contributed by atoms with Gasteiger partial charge in [0.2, 0.25) is 5.91 Å². The minimum Gasteiger partial charge on any atom is -0.497 e. The average molecular weight is 443 g/mol. The Bertz CT molecular complexity index is 1060. The summed E-state index contributed by atoms with van der Waals surface area (Å²) in [6.45, 7) is -0.112. The topological polar surface area (TPSA) is 92.8 Å². The Morgan fingerprint density at radius 2 is 1.71 bits per heavy atom. The monoisotopic (exact) mass is 442 g/mol. The number of carbonyl (C=O) groups is 2. The summed E-state index contributed by atoms with van der Waals surface area (Å²) in [5, 5.41) is 2.20. The van der Waals surface area contributed by atoms with Gasteiger partial charge in [-0.1, -0.05) is 24.3 Å². The van der Waals surface area contributed by atoms with Gasteiger partial charge in [-0.3, -0.25) is 9.59 Å². The quantitative estimate of drug-likeness (QED) is 0.742. The smallest absolute Gasteiger partial charge is 0.251 e. The molecule has 0 unspecified atom stereocenters. The maximum Gasteiger partial charge on any atom is 0.251 e. The first kappa shape index (κ1) is 21.4. The lowest BCUT2D eigenvalue weighted by Crippen LogP contribution is -2.52. The summed E-state index contributed by atoms with van der Waals surface area (Å²) in [7, 11) is -1.90. The van der Waals surface area contributed by atoms with E-state index >= 15 is 0 Å². The van der Waals surface area contributed by atoms with Gasteiger partial charge in [-0.2, -0.15) is 0 Å². The lowest BCUT2D eigenvalue weighted by atomic mass is 10.0. The maximum atomic E-state index is 13.0. The zero-order chi connectivity index (χ0) is 22.0. The van der Waals surface area contributed by atoms with Gasteiger partial charge in [0.05, 0.1) is 23.8 Å². The fourth-order valence-corrected chi connectivity index (χ4v) is 6.58. The Balaban J connectivity index is 1.39. The third-order valence-corrected chi connectivity index (χ3v) is 8.41. The maximum absolute atomic E-state index is 13.0. The Kier molecular flexibility index (Phi) is 6.00. The number of carbonyl (C=O) groups excluding carboxylic acids is 2. The standard InChI is InChI=1S/C23H26N2O5S/c1-30-19-7-5-6-16(12-19)23(27)24-15-22(26)25-17-10-11-18(25)14-21(13-17)31(28,29)20-8-3-2-4-9-20/h2-9,12,17-18,21H,10-11,13-15H2,1H3,(H,24,27)/t17-,18-/m0/s1.